The molecule has 1 aliphatic carbocycles. The Bertz CT molecular complexity index is 345. The van der Waals surface area contributed by atoms with Crippen LogP contribution in [0, 0.1) is 11.3 Å². The van der Waals surface area contributed by atoms with Crippen LogP contribution in [0.4, 0.5) is 13.2 Å². The molecule has 110 valence electrons. The van der Waals surface area contributed by atoms with Crippen LogP contribution < -0.4 is 0 Å². The van der Waals surface area contributed by atoms with Crippen LogP contribution in [0.25, 0.3) is 0 Å². The number of alkyl halides is 3. The highest BCUT2D eigenvalue weighted by molar-refractivity contribution is 5.77. The summed E-state index contributed by atoms with van der Waals surface area (Å²) in [5, 5.41) is 0. The lowest BCUT2D eigenvalue weighted by Gasteiger charge is -2.24. The van der Waals surface area contributed by atoms with Gasteiger partial charge < -0.3 is 9.64 Å². The summed E-state index contributed by atoms with van der Waals surface area (Å²) in [6.45, 7) is 1.73. The van der Waals surface area contributed by atoms with Crippen molar-refractivity contribution in [3.05, 3.63) is 0 Å². The second kappa shape index (κ2) is 5.31. The second-order valence-electron chi connectivity index (χ2n) is 6.02. The molecule has 1 saturated carbocycles. The van der Waals surface area contributed by atoms with Gasteiger partial charge in [0.05, 0.1) is 0 Å². The van der Waals surface area contributed by atoms with Crippen LogP contribution in [0.5, 0.6) is 0 Å². The molecule has 1 aliphatic heterocycles. The summed E-state index contributed by atoms with van der Waals surface area (Å²) in [6.07, 6.45) is 0.0455. The minimum atomic E-state index is -4.37. The van der Waals surface area contributed by atoms with Crippen LogP contribution >= 0.6 is 0 Å². The highest BCUT2D eigenvalue weighted by atomic mass is 19.4. The van der Waals surface area contributed by atoms with Crippen molar-refractivity contribution in [1.82, 2.24) is 4.90 Å². The summed E-state index contributed by atoms with van der Waals surface area (Å²) in [7, 11) is 0. The van der Waals surface area contributed by atoms with Crippen molar-refractivity contribution >= 4 is 5.91 Å². The molecule has 0 radical (unpaired) electrons. The molecule has 6 heteroatoms. The summed E-state index contributed by atoms with van der Waals surface area (Å²) in [5.41, 5.74) is 0.221. The SMILES string of the molecule is CC1CCC2(CCN(C(=O)COCC(F)(F)F)C2)C1. The van der Waals surface area contributed by atoms with Crippen molar-refractivity contribution in [2.45, 2.75) is 38.8 Å². The van der Waals surface area contributed by atoms with E-state index in [0.717, 1.165) is 19.3 Å². The molecular weight excluding hydrogens is 259 g/mol. The Kier molecular flexibility index (Phi) is 4.08. The first-order valence-corrected chi connectivity index (χ1v) is 6.72. The molecule has 1 amide bonds. The van der Waals surface area contributed by atoms with Crippen molar-refractivity contribution in [1.29, 1.82) is 0 Å². The minimum Gasteiger partial charge on any atom is -0.362 e. The van der Waals surface area contributed by atoms with Crippen molar-refractivity contribution in [2.24, 2.45) is 11.3 Å². The average Bonchev–Trinajstić information content (AvgIpc) is 2.85. The zero-order chi connectivity index (χ0) is 14.1. The maximum absolute atomic E-state index is 11.9. The summed E-state index contributed by atoms with van der Waals surface area (Å²) >= 11 is 0. The fourth-order valence-electron chi connectivity index (χ4n) is 3.36. The Morgan fingerprint density at radius 1 is 1.42 bits per heavy atom. The number of carbonyl (C=O) groups is 1. The Balaban J connectivity index is 1.76. The Labute approximate surface area is 111 Å². The average molecular weight is 279 g/mol. The van der Waals surface area contributed by atoms with E-state index in [1.165, 1.54) is 6.42 Å². The van der Waals surface area contributed by atoms with Crippen LogP contribution in [-0.2, 0) is 9.53 Å². The second-order valence-corrected chi connectivity index (χ2v) is 6.02. The summed E-state index contributed by atoms with van der Waals surface area (Å²) in [5.74, 6) is 0.372. The van der Waals surface area contributed by atoms with E-state index in [4.69, 9.17) is 0 Å². The van der Waals surface area contributed by atoms with E-state index >= 15 is 0 Å². The number of halogens is 3. The first-order valence-electron chi connectivity index (χ1n) is 6.72. The normalized spacial score (nSPS) is 31.4. The van der Waals surface area contributed by atoms with Gasteiger partial charge in [-0.25, -0.2) is 0 Å². The highest BCUT2D eigenvalue weighted by Gasteiger charge is 2.44. The quantitative estimate of drug-likeness (QED) is 0.794. The topological polar surface area (TPSA) is 29.5 Å². The Morgan fingerprint density at radius 2 is 2.16 bits per heavy atom. The van der Waals surface area contributed by atoms with Crippen molar-refractivity contribution < 1.29 is 22.7 Å². The maximum atomic E-state index is 11.9. The first kappa shape index (κ1) is 14.6. The van der Waals surface area contributed by atoms with Crippen LogP contribution in [0.1, 0.15) is 32.6 Å². The van der Waals surface area contributed by atoms with E-state index in [-0.39, 0.29) is 11.3 Å². The van der Waals surface area contributed by atoms with Gasteiger partial charge in [0.1, 0.15) is 13.2 Å². The summed E-state index contributed by atoms with van der Waals surface area (Å²) in [4.78, 5) is 13.4. The lowest BCUT2D eigenvalue weighted by Crippen LogP contribution is -2.35. The number of hydrogen-bond acceptors (Lipinski definition) is 2. The molecular formula is C13H20F3NO2. The third-order valence-electron chi connectivity index (χ3n) is 4.23. The summed E-state index contributed by atoms with van der Waals surface area (Å²) < 4.78 is 40.2. The largest absolute Gasteiger partial charge is 0.411 e. The standard InChI is InChI=1S/C13H20F3NO2/c1-10-2-3-12(6-10)4-5-17(8-12)11(18)7-19-9-13(14,15)16/h10H,2-9H2,1H3. The maximum Gasteiger partial charge on any atom is 0.411 e. The fraction of sp³-hybridized carbons (Fsp3) is 0.923. The number of nitrogens with zero attached hydrogens (tertiary/aromatic N) is 1. The molecule has 2 atom stereocenters. The molecule has 1 spiro atoms. The number of hydrogen-bond donors (Lipinski definition) is 0. The number of likely N-dealkylation sites (tertiary alicyclic amines) is 1. The lowest BCUT2D eigenvalue weighted by molar-refractivity contribution is -0.177. The van der Waals surface area contributed by atoms with E-state index in [0.29, 0.717) is 19.0 Å². The number of rotatable bonds is 3. The van der Waals surface area contributed by atoms with E-state index in [2.05, 4.69) is 11.7 Å². The molecule has 1 heterocycles. The van der Waals surface area contributed by atoms with Gasteiger partial charge in [-0.3, -0.25) is 4.79 Å². The number of ether oxygens (including phenoxy) is 1. The fourth-order valence-corrected chi connectivity index (χ4v) is 3.36. The van der Waals surface area contributed by atoms with Crippen LogP contribution in [-0.4, -0.2) is 43.3 Å². The molecule has 0 aromatic rings. The van der Waals surface area contributed by atoms with Gasteiger partial charge in [-0.05, 0) is 30.6 Å². The van der Waals surface area contributed by atoms with Crippen LogP contribution in [0.3, 0.4) is 0 Å². The molecule has 2 aliphatic rings. The molecule has 19 heavy (non-hydrogen) atoms. The molecule has 3 nitrogen and oxygen atoms in total. The molecule has 2 rings (SSSR count). The molecule has 2 unspecified atom stereocenters. The van der Waals surface area contributed by atoms with E-state index in [1.54, 1.807) is 4.90 Å². The predicted molar refractivity (Wildman–Crippen MR) is 63.5 cm³/mol. The smallest absolute Gasteiger partial charge is 0.362 e. The molecule has 0 aromatic carbocycles. The van der Waals surface area contributed by atoms with Gasteiger partial charge in [0.2, 0.25) is 5.91 Å². The number of amides is 1. The van der Waals surface area contributed by atoms with Crippen LogP contribution in [0.15, 0.2) is 0 Å². The van der Waals surface area contributed by atoms with Crippen molar-refractivity contribution in [3.8, 4) is 0 Å². The van der Waals surface area contributed by atoms with Crippen molar-refractivity contribution in [3.63, 3.8) is 0 Å². The minimum absolute atomic E-state index is 0.221. The van der Waals surface area contributed by atoms with Gasteiger partial charge in [-0.15, -0.1) is 0 Å². The number of carbonyl (C=O) groups excluding carboxylic acids is 1. The molecule has 1 saturated heterocycles. The lowest BCUT2D eigenvalue weighted by atomic mass is 9.85. The van der Waals surface area contributed by atoms with Gasteiger partial charge in [0.15, 0.2) is 0 Å². The zero-order valence-corrected chi connectivity index (χ0v) is 11.1. The Hall–Kier alpha value is -0.780. The molecule has 0 bridgehead atoms. The van der Waals surface area contributed by atoms with Gasteiger partial charge in [0.25, 0.3) is 0 Å². The first-order chi connectivity index (χ1) is 8.80. The van der Waals surface area contributed by atoms with Gasteiger partial charge >= 0.3 is 6.18 Å². The Morgan fingerprint density at radius 3 is 2.74 bits per heavy atom. The molecule has 2 fully saturated rings. The van der Waals surface area contributed by atoms with Crippen LogP contribution in [0.2, 0.25) is 0 Å². The van der Waals surface area contributed by atoms with E-state index in [9.17, 15) is 18.0 Å². The van der Waals surface area contributed by atoms with Gasteiger partial charge in [0, 0.05) is 13.1 Å². The summed E-state index contributed by atoms with van der Waals surface area (Å²) in [6, 6.07) is 0. The highest BCUT2D eigenvalue weighted by Crippen LogP contribution is 2.47. The van der Waals surface area contributed by atoms with E-state index < -0.39 is 19.4 Å². The molecule has 0 aromatic heterocycles. The van der Waals surface area contributed by atoms with Gasteiger partial charge in [-0.1, -0.05) is 13.3 Å². The predicted octanol–water partition coefficient (Wildman–Crippen LogP) is 2.60. The molecule has 0 N–H and O–H groups in total. The zero-order valence-electron chi connectivity index (χ0n) is 11.1. The van der Waals surface area contributed by atoms with E-state index in [1.807, 2.05) is 0 Å². The third-order valence-corrected chi connectivity index (χ3v) is 4.23. The monoisotopic (exact) mass is 279 g/mol. The van der Waals surface area contributed by atoms with Crippen molar-refractivity contribution in [2.75, 3.05) is 26.3 Å². The third kappa shape index (κ3) is 3.84. The van der Waals surface area contributed by atoms with Gasteiger partial charge in [-0.2, -0.15) is 13.2 Å².